The SMILES string of the molecule is CN(C)S(=O)(=O)N1CCN(c2ccc(F)c(Cl)c2)CC1. The minimum Gasteiger partial charge on any atom is -0.369 e. The molecule has 0 aromatic heterocycles. The molecule has 1 aliphatic rings. The van der Waals surface area contributed by atoms with Crippen LogP contribution in [0.4, 0.5) is 10.1 Å². The van der Waals surface area contributed by atoms with Crippen molar-refractivity contribution in [1.82, 2.24) is 8.61 Å². The highest BCUT2D eigenvalue weighted by Gasteiger charge is 2.28. The van der Waals surface area contributed by atoms with Crippen LogP contribution in [0.5, 0.6) is 0 Å². The molecule has 8 heteroatoms. The largest absolute Gasteiger partial charge is 0.369 e. The predicted octanol–water partition coefficient (Wildman–Crippen LogP) is 1.41. The van der Waals surface area contributed by atoms with Gasteiger partial charge in [-0.1, -0.05) is 11.6 Å². The Labute approximate surface area is 123 Å². The summed E-state index contributed by atoms with van der Waals surface area (Å²) < 4.78 is 39.8. The first-order chi connectivity index (χ1) is 9.32. The molecule has 0 unspecified atom stereocenters. The summed E-state index contributed by atoms with van der Waals surface area (Å²) in [5.41, 5.74) is 0.804. The van der Waals surface area contributed by atoms with E-state index in [1.807, 2.05) is 4.90 Å². The summed E-state index contributed by atoms with van der Waals surface area (Å²) in [4.78, 5) is 1.99. The van der Waals surface area contributed by atoms with Gasteiger partial charge in [0.2, 0.25) is 0 Å². The van der Waals surface area contributed by atoms with Crippen LogP contribution in [0, 0.1) is 5.82 Å². The fraction of sp³-hybridized carbons (Fsp3) is 0.500. The molecular weight excluding hydrogens is 305 g/mol. The zero-order valence-corrected chi connectivity index (χ0v) is 13.0. The molecule has 1 saturated heterocycles. The Hall–Kier alpha value is -0.890. The average Bonchev–Trinajstić information content (AvgIpc) is 2.42. The third-order valence-corrected chi connectivity index (χ3v) is 5.52. The van der Waals surface area contributed by atoms with E-state index in [0.717, 1.165) is 5.69 Å². The van der Waals surface area contributed by atoms with Gasteiger partial charge >= 0.3 is 0 Å². The third-order valence-electron chi connectivity index (χ3n) is 3.29. The molecule has 1 fully saturated rings. The van der Waals surface area contributed by atoms with Gasteiger partial charge in [-0.05, 0) is 18.2 Å². The molecule has 0 bridgehead atoms. The first-order valence-electron chi connectivity index (χ1n) is 6.20. The highest BCUT2D eigenvalue weighted by molar-refractivity contribution is 7.86. The van der Waals surface area contributed by atoms with E-state index in [2.05, 4.69) is 0 Å². The van der Waals surface area contributed by atoms with Crippen LogP contribution in [0.25, 0.3) is 0 Å². The van der Waals surface area contributed by atoms with Crippen molar-refractivity contribution in [3.05, 3.63) is 29.0 Å². The maximum absolute atomic E-state index is 13.1. The molecule has 0 saturated carbocycles. The van der Waals surface area contributed by atoms with E-state index in [1.165, 1.54) is 28.8 Å². The molecule has 0 radical (unpaired) electrons. The van der Waals surface area contributed by atoms with Crippen LogP contribution in [0.2, 0.25) is 5.02 Å². The lowest BCUT2D eigenvalue weighted by Crippen LogP contribution is -2.51. The Morgan fingerprint density at radius 2 is 1.80 bits per heavy atom. The Morgan fingerprint density at radius 3 is 2.30 bits per heavy atom. The maximum Gasteiger partial charge on any atom is 0.281 e. The van der Waals surface area contributed by atoms with Gasteiger partial charge in [0.25, 0.3) is 10.2 Å². The molecule has 1 aliphatic heterocycles. The summed E-state index contributed by atoms with van der Waals surface area (Å²) in [5, 5.41) is 0.0749. The third kappa shape index (κ3) is 3.06. The maximum atomic E-state index is 13.1. The average molecular weight is 322 g/mol. The van der Waals surface area contributed by atoms with Crippen LogP contribution in [0.1, 0.15) is 0 Å². The first kappa shape index (κ1) is 15.5. The van der Waals surface area contributed by atoms with Crippen molar-refractivity contribution in [2.75, 3.05) is 45.2 Å². The van der Waals surface area contributed by atoms with E-state index in [9.17, 15) is 12.8 Å². The lowest BCUT2D eigenvalue weighted by Gasteiger charge is -2.36. The van der Waals surface area contributed by atoms with E-state index in [0.29, 0.717) is 26.2 Å². The van der Waals surface area contributed by atoms with Crippen LogP contribution < -0.4 is 4.90 Å². The minimum atomic E-state index is -3.37. The normalized spacial score (nSPS) is 17.8. The van der Waals surface area contributed by atoms with E-state index in [-0.39, 0.29) is 5.02 Å². The summed E-state index contributed by atoms with van der Waals surface area (Å²) in [7, 11) is -0.336. The molecule has 112 valence electrons. The fourth-order valence-electron chi connectivity index (χ4n) is 2.09. The van der Waals surface area contributed by atoms with Gasteiger partial charge < -0.3 is 4.90 Å². The van der Waals surface area contributed by atoms with Gasteiger partial charge in [-0.2, -0.15) is 17.0 Å². The number of rotatable bonds is 3. The number of piperazine rings is 1. The van der Waals surface area contributed by atoms with E-state index in [1.54, 1.807) is 12.1 Å². The summed E-state index contributed by atoms with van der Waals surface area (Å²) in [6.45, 7) is 1.90. The molecule has 0 aliphatic carbocycles. The highest BCUT2D eigenvalue weighted by Crippen LogP contribution is 2.24. The zero-order valence-electron chi connectivity index (χ0n) is 11.4. The number of nitrogens with zero attached hydrogens (tertiary/aromatic N) is 3. The topological polar surface area (TPSA) is 43.9 Å². The van der Waals surface area contributed by atoms with Gasteiger partial charge in [0.15, 0.2) is 0 Å². The van der Waals surface area contributed by atoms with Crippen molar-refractivity contribution in [2.45, 2.75) is 0 Å². The molecule has 0 amide bonds. The van der Waals surface area contributed by atoms with Crippen LogP contribution in [-0.2, 0) is 10.2 Å². The standard InChI is InChI=1S/C12H17ClFN3O2S/c1-15(2)20(18,19)17-7-5-16(6-8-17)10-3-4-12(14)11(13)9-10/h3-4,9H,5-8H2,1-2H3. The second-order valence-electron chi connectivity index (χ2n) is 4.77. The van der Waals surface area contributed by atoms with Gasteiger partial charge in [0, 0.05) is 46.0 Å². The minimum absolute atomic E-state index is 0.0749. The highest BCUT2D eigenvalue weighted by atomic mass is 35.5. The quantitative estimate of drug-likeness (QED) is 0.845. The molecule has 1 aromatic carbocycles. The second-order valence-corrected chi connectivity index (χ2v) is 7.32. The van der Waals surface area contributed by atoms with Gasteiger partial charge in [-0.25, -0.2) is 4.39 Å². The lowest BCUT2D eigenvalue weighted by atomic mass is 10.2. The van der Waals surface area contributed by atoms with Crippen LogP contribution >= 0.6 is 11.6 Å². The van der Waals surface area contributed by atoms with Crippen molar-refractivity contribution in [3.63, 3.8) is 0 Å². The number of halogens is 2. The van der Waals surface area contributed by atoms with Crippen molar-refractivity contribution in [3.8, 4) is 0 Å². The van der Waals surface area contributed by atoms with E-state index >= 15 is 0 Å². The van der Waals surface area contributed by atoms with Crippen LogP contribution in [0.15, 0.2) is 18.2 Å². The summed E-state index contributed by atoms with van der Waals surface area (Å²) >= 11 is 5.76. The van der Waals surface area contributed by atoms with E-state index < -0.39 is 16.0 Å². The number of anilines is 1. The van der Waals surface area contributed by atoms with Crippen LogP contribution in [0.3, 0.4) is 0 Å². The van der Waals surface area contributed by atoms with Gasteiger partial charge in [-0.15, -0.1) is 0 Å². The first-order valence-corrected chi connectivity index (χ1v) is 7.97. The Balaban J connectivity index is 2.06. The Bertz CT molecular complexity index is 586. The number of hydrogen-bond donors (Lipinski definition) is 0. The fourth-order valence-corrected chi connectivity index (χ4v) is 3.35. The summed E-state index contributed by atoms with van der Waals surface area (Å²) in [6, 6.07) is 4.53. The zero-order chi connectivity index (χ0) is 14.9. The number of hydrogen-bond acceptors (Lipinski definition) is 3. The lowest BCUT2D eigenvalue weighted by molar-refractivity contribution is 0.355. The Kier molecular flexibility index (Phi) is 4.53. The molecule has 1 aromatic rings. The summed E-state index contributed by atoms with van der Waals surface area (Å²) in [5.74, 6) is -0.454. The van der Waals surface area contributed by atoms with Crippen molar-refractivity contribution in [1.29, 1.82) is 0 Å². The van der Waals surface area contributed by atoms with Gasteiger partial charge in [0.05, 0.1) is 5.02 Å². The molecule has 20 heavy (non-hydrogen) atoms. The predicted molar refractivity (Wildman–Crippen MR) is 77.8 cm³/mol. The molecule has 2 rings (SSSR count). The van der Waals surface area contributed by atoms with Crippen LogP contribution in [-0.4, -0.2) is 57.3 Å². The van der Waals surface area contributed by atoms with Crippen molar-refractivity contribution < 1.29 is 12.8 Å². The molecule has 0 N–H and O–H groups in total. The van der Waals surface area contributed by atoms with Gasteiger partial charge in [-0.3, -0.25) is 0 Å². The van der Waals surface area contributed by atoms with E-state index in [4.69, 9.17) is 11.6 Å². The molecule has 0 spiro atoms. The monoisotopic (exact) mass is 321 g/mol. The molecular formula is C12H17ClFN3O2S. The smallest absolute Gasteiger partial charge is 0.281 e. The Morgan fingerprint density at radius 1 is 1.20 bits per heavy atom. The molecule has 5 nitrogen and oxygen atoms in total. The second kappa shape index (κ2) is 5.85. The summed E-state index contributed by atoms with van der Waals surface area (Å²) in [6.07, 6.45) is 0. The number of benzene rings is 1. The van der Waals surface area contributed by atoms with Gasteiger partial charge in [0.1, 0.15) is 5.82 Å². The molecule has 0 atom stereocenters. The van der Waals surface area contributed by atoms with Crippen molar-refractivity contribution >= 4 is 27.5 Å². The van der Waals surface area contributed by atoms with Crippen molar-refractivity contribution in [2.24, 2.45) is 0 Å². The molecule has 1 heterocycles.